The van der Waals surface area contributed by atoms with E-state index in [9.17, 15) is 4.39 Å². The van der Waals surface area contributed by atoms with Gasteiger partial charge in [-0.05, 0) is 36.6 Å². The van der Waals surface area contributed by atoms with Crippen LogP contribution in [0.5, 0.6) is 0 Å². The van der Waals surface area contributed by atoms with Gasteiger partial charge in [0.15, 0.2) is 0 Å². The number of methoxy groups -OCH3 is 1. The third-order valence-corrected chi connectivity index (χ3v) is 3.33. The molecule has 0 bridgehead atoms. The Hall–Kier alpha value is -1.44. The summed E-state index contributed by atoms with van der Waals surface area (Å²) in [5, 5.41) is 8.80. The minimum atomic E-state index is -0.445. The predicted molar refractivity (Wildman–Crippen MR) is 66.4 cm³/mol. The lowest BCUT2D eigenvalue weighted by Gasteiger charge is -2.16. The van der Waals surface area contributed by atoms with Crippen LogP contribution in [0.15, 0.2) is 18.2 Å². The third-order valence-electron chi connectivity index (χ3n) is 3.33. The van der Waals surface area contributed by atoms with Crippen molar-refractivity contribution in [1.82, 2.24) is 4.90 Å². The Labute approximate surface area is 107 Å². The van der Waals surface area contributed by atoms with Crippen molar-refractivity contribution in [3.8, 4) is 6.07 Å². The van der Waals surface area contributed by atoms with Crippen molar-refractivity contribution in [3.63, 3.8) is 0 Å². The van der Waals surface area contributed by atoms with Crippen LogP contribution in [-0.4, -0.2) is 31.7 Å². The van der Waals surface area contributed by atoms with Crippen LogP contribution in [0.25, 0.3) is 0 Å². The van der Waals surface area contributed by atoms with Crippen LogP contribution in [0.3, 0.4) is 0 Å². The second kappa shape index (κ2) is 5.94. The zero-order valence-corrected chi connectivity index (χ0v) is 10.5. The third kappa shape index (κ3) is 3.06. The number of likely N-dealkylation sites (tertiary alicyclic amines) is 1. The first kappa shape index (κ1) is 13.0. The molecule has 18 heavy (non-hydrogen) atoms. The number of rotatable bonds is 4. The van der Waals surface area contributed by atoms with Gasteiger partial charge in [0.05, 0.1) is 12.2 Å². The zero-order chi connectivity index (χ0) is 13.0. The average molecular weight is 248 g/mol. The van der Waals surface area contributed by atoms with E-state index in [0.717, 1.165) is 38.2 Å². The molecule has 1 atom stereocenters. The van der Waals surface area contributed by atoms with Crippen molar-refractivity contribution >= 4 is 0 Å². The summed E-state index contributed by atoms with van der Waals surface area (Å²) in [6.07, 6.45) is 1.14. The molecule has 0 spiro atoms. The van der Waals surface area contributed by atoms with Gasteiger partial charge in [-0.1, -0.05) is 6.07 Å². The molecule has 1 fully saturated rings. The molecule has 1 heterocycles. The van der Waals surface area contributed by atoms with Gasteiger partial charge < -0.3 is 4.74 Å². The normalized spacial score (nSPS) is 19.9. The first-order valence-electron chi connectivity index (χ1n) is 6.12. The van der Waals surface area contributed by atoms with E-state index in [1.165, 1.54) is 6.07 Å². The first-order chi connectivity index (χ1) is 8.72. The highest BCUT2D eigenvalue weighted by atomic mass is 19.1. The van der Waals surface area contributed by atoms with E-state index in [1.807, 2.05) is 6.07 Å². The number of ether oxygens (including phenoxy) is 1. The number of nitriles is 1. The molecular weight excluding hydrogens is 231 g/mol. The fourth-order valence-electron chi connectivity index (χ4n) is 2.44. The molecule has 1 aliphatic rings. The zero-order valence-electron chi connectivity index (χ0n) is 10.5. The maximum atomic E-state index is 13.2. The molecule has 0 radical (unpaired) electrons. The number of nitrogens with zero attached hydrogens (tertiary/aromatic N) is 2. The second-order valence-corrected chi connectivity index (χ2v) is 4.77. The van der Waals surface area contributed by atoms with Crippen LogP contribution in [0, 0.1) is 23.1 Å². The molecule has 0 saturated carbocycles. The molecule has 3 nitrogen and oxygen atoms in total. The van der Waals surface area contributed by atoms with Crippen molar-refractivity contribution in [2.75, 3.05) is 26.8 Å². The monoisotopic (exact) mass is 248 g/mol. The van der Waals surface area contributed by atoms with Crippen LogP contribution in [0.4, 0.5) is 4.39 Å². The first-order valence-corrected chi connectivity index (χ1v) is 6.12. The SMILES string of the molecule is COCC1CCN(Cc2ccc(F)c(C#N)c2)C1. The Bertz CT molecular complexity index is 456. The van der Waals surface area contributed by atoms with Gasteiger partial charge in [0, 0.05) is 20.2 Å². The quantitative estimate of drug-likeness (QED) is 0.819. The summed E-state index contributed by atoms with van der Waals surface area (Å²) in [6, 6.07) is 6.64. The predicted octanol–water partition coefficient (Wildman–Crippen LogP) is 2.17. The average Bonchev–Trinajstić information content (AvgIpc) is 2.80. The van der Waals surface area contributed by atoms with Crippen molar-refractivity contribution in [2.24, 2.45) is 5.92 Å². The van der Waals surface area contributed by atoms with Crippen molar-refractivity contribution in [2.45, 2.75) is 13.0 Å². The molecule has 0 aliphatic carbocycles. The number of hydrogen-bond donors (Lipinski definition) is 0. The summed E-state index contributed by atoms with van der Waals surface area (Å²) in [4.78, 5) is 2.32. The van der Waals surface area contributed by atoms with Gasteiger partial charge in [-0.3, -0.25) is 4.90 Å². The molecule has 1 aromatic carbocycles. The summed E-state index contributed by atoms with van der Waals surface area (Å²) < 4.78 is 18.4. The van der Waals surface area contributed by atoms with Gasteiger partial charge in [0.2, 0.25) is 0 Å². The summed E-state index contributed by atoms with van der Waals surface area (Å²) in [5.41, 5.74) is 1.12. The van der Waals surface area contributed by atoms with E-state index in [-0.39, 0.29) is 5.56 Å². The molecule has 1 unspecified atom stereocenters. The summed E-state index contributed by atoms with van der Waals surface area (Å²) in [6.45, 7) is 3.61. The fourth-order valence-corrected chi connectivity index (χ4v) is 2.44. The molecule has 96 valence electrons. The Balaban J connectivity index is 1.97. The van der Waals surface area contributed by atoms with Gasteiger partial charge in [0.25, 0.3) is 0 Å². The highest BCUT2D eigenvalue weighted by molar-refractivity contribution is 5.34. The summed E-state index contributed by atoms with van der Waals surface area (Å²) >= 11 is 0. The maximum absolute atomic E-state index is 13.2. The van der Waals surface area contributed by atoms with E-state index < -0.39 is 5.82 Å². The Morgan fingerprint density at radius 1 is 1.56 bits per heavy atom. The van der Waals surface area contributed by atoms with Crippen LogP contribution in [-0.2, 0) is 11.3 Å². The maximum Gasteiger partial charge on any atom is 0.140 e. The van der Waals surface area contributed by atoms with Crippen LogP contribution < -0.4 is 0 Å². The molecule has 4 heteroatoms. The van der Waals surface area contributed by atoms with Crippen LogP contribution >= 0.6 is 0 Å². The lowest BCUT2D eigenvalue weighted by atomic mass is 10.1. The summed E-state index contributed by atoms with van der Waals surface area (Å²) in [5.74, 6) is 0.144. The van der Waals surface area contributed by atoms with Crippen molar-refractivity contribution in [1.29, 1.82) is 5.26 Å². The van der Waals surface area contributed by atoms with Crippen molar-refractivity contribution in [3.05, 3.63) is 35.1 Å². The van der Waals surface area contributed by atoms with Gasteiger partial charge >= 0.3 is 0 Å². The molecule has 1 aromatic rings. The highest BCUT2D eigenvalue weighted by Gasteiger charge is 2.22. The van der Waals surface area contributed by atoms with Crippen molar-refractivity contribution < 1.29 is 9.13 Å². The minimum absolute atomic E-state index is 0.125. The standard InChI is InChI=1S/C14H17FN2O/c1-18-10-12-4-5-17(9-12)8-11-2-3-14(15)13(6-11)7-16/h2-3,6,12H,4-5,8-10H2,1H3. The Morgan fingerprint density at radius 2 is 2.39 bits per heavy atom. The van der Waals surface area contributed by atoms with Gasteiger partial charge in [0.1, 0.15) is 11.9 Å². The molecule has 0 N–H and O–H groups in total. The van der Waals surface area contributed by atoms with E-state index >= 15 is 0 Å². The van der Waals surface area contributed by atoms with Crippen LogP contribution in [0.1, 0.15) is 17.5 Å². The largest absolute Gasteiger partial charge is 0.384 e. The smallest absolute Gasteiger partial charge is 0.140 e. The number of benzene rings is 1. The topological polar surface area (TPSA) is 36.3 Å². The molecular formula is C14H17FN2O. The Kier molecular flexibility index (Phi) is 4.29. The van der Waals surface area contributed by atoms with E-state index in [4.69, 9.17) is 10.00 Å². The van der Waals surface area contributed by atoms with Crippen LogP contribution in [0.2, 0.25) is 0 Å². The second-order valence-electron chi connectivity index (χ2n) is 4.77. The lowest BCUT2D eigenvalue weighted by Crippen LogP contribution is -2.21. The minimum Gasteiger partial charge on any atom is -0.384 e. The number of hydrogen-bond acceptors (Lipinski definition) is 3. The molecule has 0 amide bonds. The van der Waals surface area contributed by atoms with Gasteiger partial charge in [-0.2, -0.15) is 5.26 Å². The van der Waals surface area contributed by atoms with E-state index in [1.54, 1.807) is 19.2 Å². The van der Waals surface area contributed by atoms with E-state index in [0.29, 0.717) is 5.92 Å². The Morgan fingerprint density at radius 3 is 3.11 bits per heavy atom. The van der Waals surface area contributed by atoms with Gasteiger partial charge in [-0.15, -0.1) is 0 Å². The fraction of sp³-hybridized carbons (Fsp3) is 0.500. The van der Waals surface area contributed by atoms with E-state index in [2.05, 4.69) is 4.90 Å². The molecule has 1 aliphatic heterocycles. The highest BCUT2D eigenvalue weighted by Crippen LogP contribution is 2.19. The molecule has 2 rings (SSSR count). The lowest BCUT2D eigenvalue weighted by molar-refractivity contribution is 0.152. The number of halogens is 1. The molecule has 1 saturated heterocycles. The molecule has 0 aromatic heterocycles. The summed E-state index contributed by atoms with van der Waals surface area (Å²) in [7, 11) is 1.72. The van der Waals surface area contributed by atoms with Gasteiger partial charge in [-0.25, -0.2) is 4.39 Å².